The minimum Gasteiger partial charge on any atom is -0.240 e. The van der Waals surface area contributed by atoms with Crippen molar-refractivity contribution >= 4 is 20.1 Å². The number of hydrogen-bond acceptors (Lipinski definition) is 2. The zero-order valence-electron chi connectivity index (χ0n) is 9.09. The van der Waals surface area contributed by atoms with Gasteiger partial charge in [0, 0.05) is 19.7 Å². The fourth-order valence-electron chi connectivity index (χ4n) is 2.00. The molecule has 13 heavy (non-hydrogen) atoms. The Labute approximate surface area is 86.8 Å². The van der Waals surface area contributed by atoms with Gasteiger partial charge in [0.25, 0.3) is 0 Å². The second-order valence-corrected chi connectivity index (χ2v) is 8.95. The molecule has 0 aliphatic carbocycles. The predicted molar refractivity (Wildman–Crippen MR) is 62.0 cm³/mol. The summed E-state index contributed by atoms with van der Waals surface area (Å²) in [5, 5.41) is 3.25. The van der Waals surface area contributed by atoms with Crippen LogP contribution in [0.3, 0.4) is 0 Å². The standard InChI is InChI=1S/C10H18NSSi/c1-10(2,3)8(13(4)5)9-11-6-7-12-9/h7-8,13H,1-5H3. The molecule has 1 aromatic heterocycles. The van der Waals surface area contributed by atoms with Gasteiger partial charge in [0.05, 0.1) is 5.01 Å². The van der Waals surface area contributed by atoms with Crippen molar-refractivity contribution in [1.29, 1.82) is 0 Å². The molecule has 1 radical (unpaired) electrons. The molecule has 1 nitrogen and oxygen atoms in total. The number of rotatable bonds is 2. The Morgan fingerprint density at radius 1 is 1.46 bits per heavy atom. The molecule has 0 saturated heterocycles. The van der Waals surface area contributed by atoms with Crippen LogP contribution in [0.1, 0.15) is 31.3 Å². The lowest BCUT2D eigenvalue weighted by molar-refractivity contribution is 0.388. The monoisotopic (exact) mass is 212 g/mol. The van der Waals surface area contributed by atoms with Crippen molar-refractivity contribution in [2.24, 2.45) is 5.41 Å². The van der Waals surface area contributed by atoms with Gasteiger partial charge in [-0.2, -0.15) is 0 Å². The van der Waals surface area contributed by atoms with Gasteiger partial charge < -0.3 is 0 Å². The summed E-state index contributed by atoms with van der Waals surface area (Å²) in [6.45, 7) is 11.7. The van der Waals surface area contributed by atoms with Gasteiger partial charge in [-0.05, 0) is 5.41 Å². The van der Waals surface area contributed by atoms with Crippen LogP contribution in [0, 0.1) is 11.6 Å². The SMILES string of the molecule is C[SiH](C)C(c1n[c]cs1)C(C)(C)C. The second kappa shape index (κ2) is 3.92. The third-order valence-electron chi connectivity index (χ3n) is 2.27. The molecule has 1 aromatic rings. The molecule has 0 aromatic carbocycles. The Kier molecular flexibility index (Phi) is 3.30. The van der Waals surface area contributed by atoms with Gasteiger partial charge in [0.15, 0.2) is 0 Å². The minimum atomic E-state index is -0.675. The van der Waals surface area contributed by atoms with Crippen LogP contribution in [-0.2, 0) is 0 Å². The normalized spacial score (nSPS) is 14.9. The fourth-order valence-corrected chi connectivity index (χ4v) is 6.53. The summed E-state index contributed by atoms with van der Waals surface area (Å²) in [7, 11) is -0.675. The summed E-state index contributed by atoms with van der Waals surface area (Å²) in [4.78, 5) is 4.33. The van der Waals surface area contributed by atoms with Gasteiger partial charge in [-0.25, -0.2) is 4.98 Å². The van der Waals surface area contributed by atoms with Crippen LogP contribution in [0.4, 0.5) is 0 Å². The van der Waals surface area contributed by atoms with Gasteiger partial charge in [-0.1, -0.05) is 33.9 Å². The Bertz CT molecular complexity index is 248. The summed E-state index contributed by atoms with van der Waals surface area (Å²) >= 11 is 1.75. The maximum absolute atomic E-state index is 4.33. The topological polar surface area (TPSA) is 12.9 Å². The van der Waals surface area contributed by atoms with Gasteiger partial charge in [0.1, 0.15) is 6.20 Å². The lowest BCUT2D eigenvalue weighted by atomic mass is 9.92. The molecule has 0 aliphatic rings. The number of aromatic nitrogens is 1. The quantitative estimate of drug-likeness (QED) is 0.687. The molecule has 0 aliphatic heterocycles. The molecule has 3 heteroatoms. The highest BCUT2D eigenvalue weighted by atomic mass is 32.1. The van der Waals surface area contributed by atoms with E-state index < -0.39 is 8.80 Å². The minimum absolute atomic E-state index is 0.353. The molecule has 73 valence electrons. The van der Waals surface area contributed by atoms with Crippen LogP contribution in [0.2, 0.25) is 13.1 Å². The molecule has 0 saturated carbocycles. The molecule has 1 heterocycles. The molecule has 0 bridgehead atoms. The molecule has 0 fully saturated rings. The van der Waals surface area contributed by atoms with Gasteiger partial charge >= 0.3 is 0 Å². The highest BCUT2D eigenvalue weighted by Crippen LogP contribution is 2.37. The zero-order chi connectivity index (χ0) is 10.1. The first-order valence-corrected chi connectivity index (χ1v) is 8.60. The van der Waals surface area contributed by atoms with Crippen molar-refractivity contribution in [2.45, 2.75) is 39.4 Å². The molecule has 1 atom stereocenters. The van der Waals surface area contributed by atoms with Crippen LogP contribution in [-0.4, -0.2) is 13.8 Å². The van der Waals surface area contributed by atoms with Crippen molar-refractivity contribution < 1.29 is 0 Å². The van der Waals surface area contributed by atoms with Gasteiger partial charge in [0.2, 0.25) is 0 Å². The Hall–Kier alpha value is -0.153. The molecule has 0 N–H and O–H groups in total. The molecule has 0 amide bonds. The summed E-state index contributed by atoms with van der Waals surface area (Å²) in [6.07, 6.45) is 2.93. The lowest BCUT2D eigenvalue weighted by Crippen LogP contribution is -2.29. The van der Waals surface area contributed by atoms with Crippen LogP contribution in [0.5, 0.6) is 0 Å². The Morgan fingerprint density at radius 2 is 2.08 bits per heavy atom. The second-order valence-electron chi connectivity index (χ2n) is 4.90. The lowest BCUT2D eigenvalue weighted by Gasteiger charge is -2.31. The fraction of sp³-hybridized carbons (Fsp3) is 0.700. The first-order chi connectivity index (χ1) is 5.93. The van der Waals surface area contributed by atoms with Crippen molar-refractivity contribution in [3.63, 3.8) is 0 Å². The van der Waals surface area contributed by atoms with E-state index in [1.165, 1.54) is 5.01 Å². The summed E-state index contributed by atoms with van der Waals surface area (Å²) in [6, 6.07) is 0. The van der Waals surface area contributed by atoms with E-state index in [0.29, 0.717) is 11.0 Å². The summed E-state index contributed by atoms with van der Waals surface area (Å²) in [5.74, 6) is 0. The highest BCUT2D eigenvalue weighted by Gasteiger charge is 2.31. The van der Waals surface area contributed by atoms with Crippen molar-refractivity contribution in [3.05, 3.63) is 16.6 Å². The third kappa shape index (κ3) is 2.64. The van der Waals surface area contributed by atoms with Crippen molar-refractivity contribution in [1.82, 2.24) is 4.98 Å². The predicted octanol–water partition coefficient (Wildman–Crippen LogP) is 3.10. The number of nitrogens with zero attached hydrogens (tertiary/aromatic N) is 1. The third-order valence-corrected chi connectivity index (χ3v) is 5.97. The summed E-state index contributed by atoms with van der Waals surface area (Å²) in [5.41, 5.74) is 1.04. The Morgan fingerprint density at radius 3 is 2.38 bits per heavy atom. The molecule has 0 spiro atoms. The molecule has 1 rings (SSSR count). The highest BCUT2D eigenvalue weighted by molar-refractivity contribution is 7.10. The van der Waals surface area contributed by atoms with E-state index >= 15 is 0 Å². The average Bonchev–Trinajstić information content (AvgIpc) is 2.34. The first kappa shape index (κ1) is 10.9. The van der Waals surface area contributed by atoms with Crippen molar-refractivity contribution in [2.75, 3.05) is 0 Å². The van der Waals surface area contributed by atoms with E-state index in [2.05, 4.69) is 45.0 Å². The average molecular weight is 212 g/mol. The van der Waals surface area contributed by atoms with Gasteiger partial charge in [-0.3, -0.25) is 0 Å². The van der Waals surface area contributed by atoms with E-state index in [0.717, 1.165) is 0 Å². The first-order valence-electron chi connectivity index (χ1n) is 4.74. The van der Waals surface area contributed by atoms with E-state index in [9.17, 15) is 0 Å². The van der Waals surface area contributed by atoms with E-state index in [1.807, 2.05) is 5.38 Å². The number of thiazole rings is 1. The zero-order valence-corrected chi connectivity index (χ0v) is 11.1. The van der Waals surface area contributed by atoms with Crippen LogP contribution in [0.15, 0.2) is 5.38 Å². The Balaban J connectivity index is 2.94. The smallest absolute Gasteiger partial charge is 0.101 e. The maximum atomic E-state index is 4.33. The van der Waals surface area contributed by atoms with Crippen LogP contribution >= 0.6 is 11.3 Å². The summed E-state index contributed by atoms with van der Waals surface area (Å²) < 4.78 is 0. The van der Waals surface area contributed by atoms with Crippen molar-refractivity contribution in [3.8, 4) is 0 Å². The maximum Gasteiger partial charge on any atom is 0.101 e. The molecule has 1 unspecified atom stereocenters. The van der Waals surface area contributed by atoms with E-state index in [4.69, 9.17) is 0 Å². The van der Waals surface area contributed by atoms with Crippen LogP contribution in [0.25, 0.3) is 0 Å². The van der Waals surface area contributed by atoms with Gasteiger partial charge in [-0.15, -0.1) is 11.3 Å². The molecular formula is C10H18NSSi. The largest absolute Gasteiger partial charge is 0.240 e. The van der Waals surface area contributed by atoms with E-state index in [-0.39, 0.29) is 0 Å². The number of hydrogen-bond donors (Lipinski definition) is 0. The van der Waals surface area contributed by atoms with Crippen LogP contribution < -0.4 is 0 Å². The molecular weight excluding hydrogens is 194 g/mol. The van der Waals surface area contributed by atoms with E-state index in [1.54, 1.807) is 11.3 Å².